The first-order chi connectivity index (χ1) is 8.99. The van der Waals surface area contributed by atoms with Crippen molar-refractivity contribution in [2.75, 3.05) is 6.54 Å². The van der Waals surface area contributed by atoms with Crippen molar-refractivity contribution in [3.05, 3.63) is 28.7 Å². The molecule has 1 aliphatic rings. The molecule has 0 aliphatic heterocycles. The first-order valence-corrected chi connectivity index (χ1v) is 8.70. The Hall–Kier alpha value is -0.430. The Bertz CT molecular complexity index is 532. The van der Waals surface area contributed by atoms with Crippen molar-refractivity contribution >= 4 is 26.0 Å². The monoisotopic (exact) mass is 347 g/mol. The molecule has 1 saturated carbocycles. The lowest BCUT2D eigenvalue weighted by atomic mass is 9.87. The average Bonchev–Trinajstić information content (AvgIpc) is 2.38. The molecule has 2 rings (SSSR count). The Labute approximate surface area is 122 Å². The van der Waals surface area contributed by atoms with Gasteiger partial charge in [0.2, 0.25) is 10.0 Å². The number of hydrogen-bond donors (Lipinski definition) is 2. The van der Waals surface area contributed by atoms with Gasteiger partial charge in [0, 0.05) is 11.0 Å². The average molecular weight is 348 g/mol. The van der Waals surface area contributed by atoms with Crippen molar-refractivity contribution in [2.45, 2.75) is 36.7 Å². The summed E-state index contributed by atoms with van der Waals surface area (Å²) in [6.07, 6.45) is 3.33. The van der Waals surface area contributed by atoms with Crippen molar-refractivity contribution in [3.63, 3.8) is 0 Å². The molecule has 4 nitrogen and oxygen atoms in total. The molecule has 2 unspecified atom stereocenters. The Balaban J connectivity index is 2.01. The molecular weight excluding hydrogens is 330 g/mol. The highest BCUT2D eigenvalue weighted by Gasteiger charge is 2.25. The van der Waals surface area contributed by atoms with E-state index in [2.05, 4.69) is 20.7 Å². The van der Waals surface area contributed by atoms with E-state index in [-0.39, 0.29) is 16.9 Å². The second-order valence-electron chi connectivity index (χ2n) is 4.92. The van der Waals surface area contributed by atoms with Crippen LogP contribution in [0.5, 0.6) is 0 Å². The van der Waals surface area contributed by atoms with Crippen LogP contribution >= 0.6 is 15.9 Å². The zero-order chi connectivity index (χ0) is 13.9. The number of sulfonamides is 1. The molecule has 0 aromatic heterocycles. The van der Waals surface area contributed by atoms with E-state index in [9.17, 15) is 13.5 Å². The largest absolute Gasteiger partial charge is 0.393 e. The third-order valence-corrected chi connectivity index (χ3v) is 5.43. The fourth-order valence-corrected chi connectivity index (χ4v) is 4.05. The normalized spacial score (nSPS) is 24.3. The van der Waals surface area contributed by atoms with Gasteiger partial charge in [-0.05, 0) is 37.0 Å². The predicted molar refractivity (Wildman–Crippen MR) is 77.3 cm³/mol. The maximum atomic E-state index is 12.1. The molecule has 106 valence electrons. The number of benzene rings is 1. The van der Waals surface area contributed by atoms with Gasteiger partial charge >= 0.3 is 0 Å². The van der Waals surface area contributed by atoms with E-state index in [1.807, 2.05) is 0 Å². The van der Waals surface area contributed by atoms with Crippen molar-refractivity contribution in [1.82, 2.24) is 4.72 Å². The molecule has 2 N–H and O–H groups in total. The van der Waals surface area contributed by atoms with Gasteiger partial charge in [0.05, 0.1) is 11.0 Å². The molecule has 0 spiro atoms. The molecule has 0 heterocycles. The highest BCUT2D eigenvalue weighted by Crippen LogP contribution is 2.24. The standard InChI is InChI=1S/C13H18BrNO3S/c14-11-5-3-6-12(8-11)19(17,18)15-9-10-4-1-2-7-13(10)16/h3,5-6,8,10,13,15-16H,1-2,4,7,9H2. The molecule has 19 heavy (non-hydrogen) atoms. The number of nitrogens with one attached hydrogen (secondary N) is 1. The van der Waals surface area contributed by atoms with Gasteiger partial charge in [-0.3, -0.25) is 0 Å². The molecular formula is C13H18BrNO3S. The van der Waals surface area contributed by atoms with Crippen molar-refractivity contribution < 1.29 is 13.5 Å². The van der Waals surface area contributed by atoms with E-state index in [1.54, 1.807) is 24.3 Å². The van der Waals surface area contributed by atoms with Gasteiger partial charge in [-0.15, -0.1) is 0 Å². The van der Waals surface area contributed by atoms with Crippen LogP contribution in [0.4, 0.5) is 0 Å². The van der Waals surface area contributed by atoms with Crippen LogP contribution in [-0.2, 0) is 10.0 Å². The van der Waals surface area contributed by atoms with Crippen LogP contribution in [0.3, 0.4) is 0 Å². The second-order valence-corrected chi connectivity index (χ2v) is 7.60. The zero-order valence-corrected chi connectivity index (χ0v) is 13.0. The molecule has 1 fully saturated rings. The van der Waals surface area contributed by atoms with Crippen LogP contribution in [0.1, 0.15) is 25.7 Å². The summed E-state index contributed by atoms with van der Waals surface area (Å²) in [5, 5.41) is 9.84. The first kappa shape index (κ1) is 15.0. The van der Waals surface area contributed by atoms with E-state index in [1.165, 1.54) is 0 Å². The number of aliphatic hydroxyl groups excluding tert-OH is 1. The molecule has 2 atom stereocenters. The van der Waals surface area contributed by atoms with Gasteiger partial charge in [-0.2, -0.15) is 0 Å². The minimum Gasteiger partial charge on any atom is -0.393 e. The first-order valence-electron chi connectivity index (χ1n) is 6.42. The van der Waals surface area contributed by atoms with Crippen LogP contribution in [0.15, 0.2) is 33.6 Å². The number of aliphatic hydroxyl groups is 1. The fraction of sp³-hybridized carbons (Fsp3) is 0.538. The summed E-state index contributed by atoms with van der Waals surface area (Å²) in [7, 11) is -3.50. The van der Waals surface area contributed by atoms with Gasteiger partial charge in [-0.1, -0.05) is 34.8 Å². The number of rotatable bonds is 4. The summed E-state index contributed by atoms with van der Waals surface area (Å²) < 4.78 is 27.6. The maximum absolute atomic E-state index is 12.1. The predicted octanol–water partition coefficient (Wildman–Crippen LogP) is 2.28. The van der Waals surface area contributed by atoms with Gasteiger partial charge in [-0.25, -0.2) is 13.1 Å². The fourth-order valence-electron chi connectivity index (χ4n) is 2.36. The van der Waals surface area contributed by atoms with Crippen LogP contribution in [0.25, 0.3) is 0 Å². The Morgan fingerprint density at radius 2 is 2.05 bits per heavy atom. The lowest BCUT2D eigenvalue weighted by Crippen LogP contribution is -2.36. The van der Waals surface area contributed by atoms with Gasteiger partial charge in [0.15, 0.2) is 0 Å². The molecule has 1 aliphatic carbocycles. The van der Waals surface area contributed by atoms with E-state index in [0.717, 1.165) is 30.2 Å². The summed E-state index contributed by atoms with van der Waals surface area (Å²) in [5.41, 5.74) is 0. The van der Waals surface area contributed by atoms with E-state index < -0.39 is 10.0 Å². The Morgan fingerprint density at radius 1 is 1.32 bits per heavy atom. The van der Waals surface area contributed by atoms with Gasteiger partial charge in [0.25, 0.3) is 0 Å². The lowest BCUT2D eigenvalue weighted by molar-refractivity contribution is 0.0724. The molecule has 0 bridgehead atoms. The van der Waals surface area contributed by atoms with Crippen molar-refractivity contribution in [2.24, 2.45) is 5.92 Å². The molecule has 6 heteroatoms. The Kier molecular flexibility index (Phi) is 5.00. The smallest absolute Gasteiger partial charge is 0.240 e. The molecule has 1 aromatic carbocycles. The van der Waals surface area contributed by atoms with Gasteiger partial charge in [0.1, 0.15) is 0 Å². The van der Waals surface area contributed by atoms with Crippen molar-refractivity contribution in [1.29, 1.82) is 0 Å². The number of hydrogen-bond acceptors (Lipinski definition) is 3. The third kappa shape index (κ3) is 4.02. The van der Waals surface area contributed by atoms with Crippen molar-refractivity contribution in [3.8, 4) is 0 Å². The molecule has 0 amide bonds. The van der Waals surface area contributed by atoms with E-state index in [4.69, 9.17) is 0 Å². The highest BCUT2D eigenvalue weighted by molar-refractivity contribution is 9.10. The van der Waals surface area contributed by atoms with E-state index >= 15 is 0 Å². The number of halogens is 1. The summed E-state index contributed by atoms with van der Waals surface area (Å²) in [4.78, 5) is 0.243. The minimum atomic E-state index is -3.50. The van der Waals surface area contributed by atoms with Crippen LogP contribution in [-0.4, -0.2) is 26.2 Å². The van der Waals surface area contributed by atoms with Crippen LogP contribution in [0, 0.1) is 5.92 Å². The van der Waals surface area contributed by atoms with Crippen LogP contribution < -0.4 is 4.72 Å². The molecule has 0 radical (unpaired) electrons. The van der Waals surface area contributed by atoms with Gasteiger partial charge < -0.3 is 5.11 Å². The third-order valence-electron chi connectivity index (χ3n) is 3.51. The summed E-state index contributed by atoms with van der Waals surface area (Å²) in [5.74, 6) is 0.0238. The summed E-state index contributed by atoms with van der Waals surface area (Å²) >= 11 is 3.26. The second kappa shape index (κ2) is 6.35. The maximum Gasteiger partial charge on any atom is 0.240 e. The molecule has 0 saturated heterocycles. The Morgan fingerprint density at radius 3 is 2.74 bits per heavy atom. The minimum absolute atomic E-state index is 0.0238. The highest BCUT2D eigenvalue weighted by atomic mass is 79.9. The zero-order valence-electron chi connectivity index (χ0n) is 10.5. The lowest BCUT2D eigenvalue weighted by Gasteiger charge is -2.27. The van der Waals surface area contributed by atoms with Crippen LogP contribution in [0.2, 0.25) is 0 Å². The summed E-state index contributed by atoms with van der Waals surface area (Å²) in [6, 6.07) is 6.60. The quantitative estimate of drug-likeness (QED) is 0.877. The SMILES string of the molecule is O=S(=O)(NCC1CCCCC1O)c1cccc(Br)c1. The molecule has 1 aromatic rings. The summed E-state index contributed by atoms with van der Waals surface area (Å²) in [6.45, 7) is 0.302. The van der Waals surface area contributed by atoms with E-state index in [0.29, 0.717) is 6.54 Å². The topological polar surface area (TPSA) is 66.4 Å².